The number of hydrogen-bond donors (Lipinski definition) is 0. The van der Waals surface area contributed by atoms with Gasteiger partial charge in [0.1, 0.15) is 17.3 Å². The number of carbonyl (C=O) groups excluding carboxylic acids is 1. The average Bonchev–Trinajstić information content (AvgIpc) is 3.05. The Morgan fingerprint density at radius 3 is 2.55 bits per heavy atom. The minimum Gasteiger partial charge on any atom is -0.494 e. The van der Waals surface area contributed by atoms with Crippen molar-refractivity contribution in [1.29, 1.82) is 0 Å². The first-order valence-corrected chi connectivity index (χ1v) is 10.3. The quantitative estimate of drug-likeness (QED) is 0.664. The minimum atomic E-state index is 0.110. The van der Waals surface area contributed by atoms with Crippen LogP contribution in [0.25, 0.3) is 10.9 Å². The molecule has 152 valence electrons. The molecule has 0 saturated carbocycles. The fourth-order valence-corrected chi connectivity index (χ4v) is 4.19. The third kappa shape index (κ3) is 3.55. The van der Waals surface area contributed by atoms with E-state index >= 15 is 0 Å². The van der Waals surface area contributed by atoms with Crippen molar-refractivity contribution in [2.75, 3.05) is 37.7 Å². The highest BCUT2D eigenvalue weighted by Crippen LogP contribution is 2.30. The van der Waals surface area contributed by atoms with Crippen LogP contribution in [-0.2, 0) is 6.54 Å². The molecule has 1 aromatic carbocycles. The lowest BCUT2D eigenvalue weighted by molar-refractivity contribution is 0.0735. The summed E-state index contributed by atoms with van der Waals surface area (Å²) in [4.78, 5) is 22.1. The van der Waals surface area contributed by atoms with Crippen molar-refractivity contribution in [1.82, 2.24) is 14.5 Å². The van der Waals surface area contributed by atoms with E-state index in [1.165, 1.54) is 0 Å². The maximum absolute atomic E-state index is 13.5. The lowest BCUT2D eigenvalue weighted by Gasteiger charge is -2.35. The van der Waals surface area contributed by atoms with Crippen LogP contribution in [0.5, 0.6) is 5.75 Å². The van der Waals surface area contributed by atoms with Gasteiger partial charge < -0.3 is 19.1 Å². The number of hydrogen-bond acceptors (Lipinski definition) is 4. The van der Waals surface area contributed by atoms with Gasteiger partial charge in [0.25, 0.3) is 5.91 Å². The fourth-order valence-electron chi connectivity index (χ4n) is 4.19. The van der Waals surface area contributed by atoms with Gasteiger partial charge in [0.05, 0.1) is 6.61 Å². The van der Waals surface area contributed by atoms with Gasteiger partial charge in [0, 0.05) is 49.8 Å². The highest BCUT2D eigenvalue weighted by atomic mass is 16.5. The molecule has 3 heterocycles. The smallest absolute Gasteiger partial charge is 0.270 e. The van der Waals surface area contributed by atoms with Crippen LogP contribution >= 0.6 is 0 Å². The van der Waals surface area contributed by atoms with Crippen molar-refractivity contribution >= 4 is 22.6 Å². The van der Waals surface area contributed by atoms with Crippen molar-refractivity contribution in [2.45, 2.75) is 27.3 Å². The molecule has 1 aliphatic rings. The van der Waals surface area contributed by atoms with Gasteiger partial charge in [-0.25, -0.2) is 4.98 Å². The van der Waals surface area contributed by atoms with Gasteiger partial charge in [-0.3, -0.25) is 4.79 Å². The predicted octanol–water partition coefficient (Wildman–Crippen LogP) is 3.73. The lowest BCUT2D eigenvalue weighted by Crippen LogP contribution is -2.49. The third-order valence-electron chi connectivity index (χ3n) is 5.66. The number of fused-ring (bicyclic) bond motifs is 1. The average molecular weight is 393 g/mol. The molecule has 1 fully saturated rings. The molecular weight excluding hydrogens is 364 g/mol. The Balaban J connectivity index is 1.59. The molecule has 1 aliphatic heterocycles. The molecule has 1 amide bonds. The van der Waals surface area contributed by atoms with Crippen molar-refractivity contribution < 1.29 is 9.53 Å². The fraction of sp³-hybridized carbons (Fsp3) is 0.391. The maximum Gasteiger partial charge on any atom is 0.270 e. The van der Waals surface area contributed by atoms with Crippen LogP contribution in [0.15, 0.2) is 42.6 Å². The number of anilines is 1. The molecular formula is C23H28N4O2. The van der Waals surface area contributed by atoms with Crippen LogP contribution in [0.2, 0.25) is 0 Å². The molecule has 3 aromatic rings. The molecule has 0 spiro atoms. The Bertz CT molecular complexity index is 1000. The second kappa shape index (κ2) is 8.15. The Labute approximate surface area is 171 Å². The number of pyridine rings is 1. The van der Waals surface area contributed by atoms with E-state index in [0.717, 1.165) is 53.4 Å². The van der Waals surface area contributed by atoms with Crippen LogP contribution in [0.3, 0.4) is 0 Å². The van der Waals surface area contributed by atoms with E-state index in [9.17, 15) is 4.79 Å². The van der Waals surface area contributed by atoms with Crippen LogP contribution in [-0.4, -0.2) is 53.1 Å². The van der Waals surface area contributed by atoms with E-state index in [1.807, 2.05) is 49.2 Å². The first-order chi connectivity index (χ1) is 14.1. The summed E-state index contributed by atoms with van der Waals surface area (Å²) in [6, 6.07) is 12.0. The second-order valence-corrected chi connectivity index (χ2v) is 7.30. The van der Waals surface area contributed by atoms with Gasteiger partial charge in [0.2, 0.25) is 0 Å². The Kier molecular flexibility index (Phi) is 5.43. The lowest BCUT2D eigenvalue weighted by atomic mass is 10.1. The zero-order chi connectivity index (χ0) is 20.4. The molecule has 1 saturated heterocycles. The van der Waals surface area contributed by atoms with Crippen molar-refractivity contribution in [3.63, 3.8) is 0 Å². The Morgan fingerprint density at radius 2 is 1.90 bits per heavy atom. The second-order valence-electron chi connectivity index (χ2n) is 7.30. The third-order valence-corrected chi connectivity index (χ3v) is 5.66. The molecule has 6 heteroatoms. The zero-order valence-corrected chi connectivity index (χ0v) is 17.4. The number of piperazine rings is 1. The van der Waals surface area contributed by atoms with Gasteiger partial charge in [-0.05, 0) is 56.7 Å². The molecule has 0 radical (unpaired) electrons. The number of aromatic nitrogens is 2. The van der Waals surface area contributed by atoms with Crippen molar-refractivity contribution in [2.24, 2.45) is 0 Å². The van der Waals surface area contributed by atoms with Gasteiger partial charge in [-0.2, -0.15) is 0 Å². The summed E-state index contributed by atoms with van der Waals surface area (Å²) in [7, 11) is 0. The van der Waals surface area contributed by atoms with E-state index in [0.29, 0.717) is 19.7 Å². The number of rotatable bonds is 5. The monoisotopic (exact) mass is 392 g/mol. The van der Waals surface area contributed by atoms with Gasteiger partial charge in [-0.15, -0.1) is 0 Å². The van der Waals surface area contributed by atoms with Gasteiger partial charge in [-0.1, -0.05) is 6.07 Å². The van der Waals surface area contributed by atoms with Crippen LogP contribution in [0.1, 0.15) is 29.9 Å². The van der Waals surface area contributed by atoms with E-state index < -0.39 is 0 Å². The Morgan fingerprint density at radius 1 is 1.10 bits per heavy atom. The van der Waals surface area contributed by atoms with Gasteiger partial charge in [0.15, 0.2) is 0 Å². The number of benzene rings is 1. The number of nitrogens with zero attached hydrogens (tertiary/aromatic N) is 4. The highest BCUT2D eigenvalue weighted by Gasteiger charge is 2.27. The zero-order valence-electron chi connectivity index (χ0n) is 17.4. The summed E-state index contributed by atoms with van der Waals surface area (Å²) < 4.78 is 7.80. The maximum atomic E-state index is 13.5. The first kappa shape index (κ1) is 19.3. The van der Waals surface area contributed by atoms with Crippen molar-refractivity contribution in [3.8, 4) is 5.75 Å². The van der Waals surface area contributed by atoms with E-state index in [1.54, 1.807) is 0 Å². The van der Waals surface area contributed by atoms with E-state index in [-0.39, 0.29) is 5.91 Å². The van der Waals surface area contributed by atoms with Crippen LogP contribution in [0.4, 0.5) is 5.82 Å². The number of amides is 1. The van der Waals surface area contributed by atoms with Crippen LogP contribution in [0, 0.1) is 6.92 Å². The highest BCUT2D eigenvalue weighted by molar-refractivity contribution is 6.02. The molecule has 0 aliphatic carbocycles. The first-order valence-electron chi connectivity index (χ1n) is 10.3. The number of carbonyl (C=O) groups is 1. The molecule has 0 bridgehead atoms. The predicted molar refractivity (Wildman–Crippen MR) is 116 cm³/mol. The molecule has 0 unspecified atom stereocenters. The Hall–Kier alpha value is -3.02. The van der Waals surface area contributed by atoms with E-state index in [2.05, 4.69) is 33.5 Å². The molecule has 6 nitrogen and oxygen atoms in total. The largest absolute Gasteiger partial charge is 0.494 e. The molecule has 2 aromatic heterocycles. The molecule has 4 rings (SSSR count). The topological polar surface area (TPSA) is 50.6 Å². The minimum absolute atomic E-state index is 0.110. The summed E-state index contributed by atoms with van der Waals surface area (Å²) in [6.45, 7) is 10.5. The normalized spacial score (nSPS) is 14.4. The molecule has 0 N–H and O–H groups in total. The van der Waals surface area contributed by atoms with Crippen LogP contribution < -0.4 is 9.64 Å². The number of aryl methyl sites for hydroxylation is 2. The van der Waals surface area contributed by atoms with Gasteiger partial charge >= 0.3 is 0 Å². The van der Waals surface area contributed by atoms with Crippen molar-refractivity contribution in [3.05, 3.63) is 53.9 Å². The summed E-state index contributed by atoms with van der Waals surface area (Å²) in [5, 5.41) is 1.09. The number of ether oxygens (including phenoxy) is 1. The summed E-state index contributed by atoms with van der Waals surface area (Å²) >= 11 is 0. The molecule has 0 atom stereocenters. The standard InChI is InChI=1S/C23H28N4O2/c1-4-27-20-10-9-18(29-5-2)16-19(20)17(3)22(27)23(28)26-14-12-25(13-15-26)21-8-6-7-11-24-21/h6-11,16H,4-5,12-15H2,1-3H3. The van der Waals surface area contributed by atoms with E-state index in [4.69, 9.17) is 4.74 Å². The summed E-state index contributed by atoms with van der Waals surface area (Å²) in [6.07, 6.45) is 1.81. The SMILES string of the molecule is CCOc1ccc2c(c1)c(C)c(C(=O)N1CCN(c3ccccn3)CC1)n2CC. The molecule has 29 heavy (non-hydrogen) atoms. The summed E-state index contributed by atoms with van der Waals surface area (Å²) in [5.41, 5.74) is 2.91. The summed E-state index contributed by atoms with van der Waals surface area (Å²) in [5.74, 6) is 1.93.